The summed E-state index contributed by atoms with van der Waals surface area (Å²) in [6, 6.07) is 6.35. The topological polar surface area (TPSA) is 98.2 Å². The van der Waals surface area contributed by atoms with Crippen molar-refractivity contribution in [1.29, 1.82) is 0 Å². The van der Waals surface area contributed by atoms with Crippen LogP contribution in [0.2, 0.25) is 0 Å². The Labute approximate surface area is 235 Å². The molecule has 2 saturated heterocycles. The van der Waals surface area contributed by atoms with Crippen LogP contribution in [0.5, 0.6) is 5.75 Å². The zero-order valence-electron chi connectivity index (χ0n) is 22.9. The van der Waals surface area contributed by atoms with E-state index in [2.05, 4.69) is 22.3 Å². The maximum absolute atomic E-state index is 13.0. The van der Waals surface area contributed by atoms with E-state index in [1.807, 2.05) is 21.2 Å². The number of carboxylic acids is 1. The minimum Gasteiger partial charge on any atom is -0.496 e. The molecule has 2 amide bonds. The molecular formula is C29H41N5O4S. The van der Waals surface area contributed by atoms with Crippen LogP contribution in [0.3, 0.4) is 0 Å². The number of urea groups is 1. The van der Waals surface area contributed by atoms with E-state index >= 15 is 0 Å². The minimum absolute atomic E-state index is 0.108. The number of hydrogen-bond donors (Lipinski definition) is 2. The second-order valence-corrected chi connectivity index (χ2v) is 12.0. The van der Waals surface area contributed by atoms with E-state index in [0.29, 0.717) is 30.1 Å². The van der Waals surface area contributed by atoms with E-state index in [0.717, 1.165) is 62.6 Å². The molecule has 10 heteroatoms. The molecule has 1 aliphatic carbocycles. The minimum atomic E-state index is -0.755. The average Bonchev–Trinajstić information content (AvgIpc) is 3.41. The summed E-state index contributed by atoms with van der Waals surface area (Å²) < 4.78 is 5.65. The van der Waals surface area contributed by atoms with Crippen molar-refractivity contribution >= 4 is 28.5 Å². The predicted octanol–water partition coefficient (Wildman–Crippen LogP) is 4.81. The van der Waals surface area contributed by atoms with E-state index in [1.54, 1.807) is 7.11 Å². The van der Waals surface area contributed by atoms with Gasteiger partial charge in [0.2, 0.25) is 0 Å². The first kappa shape index (κ1) is 27.9. The van der Waals surface area contributed by atoms with Crippen LogP contribution < -0.4 is 10.1 Å². The molecule has 1 aromatic carbocycles. The van der Waals surface area contributed by atoms with Crippen molar-refractivity contribution in [3.05, 3.63) is 29.1 Å². The Balaban J connectivity index is 1.13. The number of amides is 2. The summed E-state index contributed by atoms with van der Waals surface area (Å²) >= 11 is 1.44. The highest BCUT2D eigenvalue weighted by molar-refractivity contribution is 7.14. The maximum atomic E-state index is 13.0. The molecule has 9 nitrogen and oxygen atoms in total. The van der Waals surface area contributed by atoms with Crippen molar-refractivity contribution < 1.29 is 19.4 Å². The van der Waals surface area contributed by atoms with Crippen molar-refractivity contribution in [2.75, 3.05) is 64.8 Å². The first-order chi connectivity index (χ1) is 19.0. The monoisotopic (exact) mass is 555 g/mol. The number of nitrogens with one attached hydrogen (secondary N) is 1. The molecule has 2 aliphatic heterocycles. The lowest BCUT2D eigenvalue weighted by atomic mass is 9.83. The second-order valence-electron chi connectivity index (χ2n) is 11.2. The smallest absolute Gasteiger partial charge is 0.323 e. The Morgan fingerprint density at radius 1 is 1.05 bits per heavy atom. The van der Waals surface area contributed by atoms with Gasteiger partial charge in [0, 0.05) is 50.2 Å². The number of likely N-dealkylation sites (tertiary alicyclic amines) is 1. The Morgan fingerprint density at radius 3 is 2.59 bits per heavy atom. The van der Waals surface area contributed by atoms with E-state index < -0.39 is 5.97 Å². The summed E-state index contributed by atoms with van der Waals surface area (Å²) in [5, 5.41) is 14.7. The molecule has 3 heterocycles. The van der Waals surface area contributed by atoms with Gasteiger partial charge in [-0.3, -0.25) is 19.9 Å². The van der Waals surface area contributed by atoms with Crippen LogP contribution in [0, 0.1) is 5.92 Å². The zero-order valence-corrected chi connectivity index (χ0v) is 23.8. The fourth-order valence-electron chi connectivity index (χ4n) is 6.37. The number of piperidine rings is 1. The van der Waals surface area contributed by atoms with E-state index in [-0.39, 0.29) is 12.6 Å². The van der Waals surface area contributed by atoms with E-state index in [4.69, 9.17) is 14.8 Å². The number of rotatable bonds is 8. The van der Waals surface area contributed by atoms with Gasteiger partial charge in [0.25, 0.3) is 0 Å². The summed E-state index contributed by atoms with van der Waals surface area (Å²) in [6.07, 6.45) is 8.57. The molecule has 1 atom stereocenters. The third kappa shape index (κ3) is 7.29. The fourth-order valence-corrected chi connectivity index (χ4v) is 7.08. The van der Waals surface area contributed by atoms with Gasteiger partial charge in [0.15, 0.2) is 5.13 Å². The molecule has 3 fully saturated rings. The number of ether oxygens (including phenoxy) is 1. The molecule has 39 heavy (non-hydrogen) atoms. The van der Waals surface area contributed by atoms with Crippen molar-refractivity contribution in [1.82, 2.24) is 19.7 Å². The van der Waals surface area contributed by atoms with E-state index in [9.17, 15) is 9.59 Å². The average molecular weight is 556 g/mol. The first-order valence-corrected chi connectivity index (χ1v) is 15.2. The fraction of sp³-hybridized carbons (Fsp3) is 0.621. The highest BCUT2D eigenvalue weighted by Gasteiger charge is 2.27. The molecule has 2 N–H and O–H groups in total. The standard InChI is InChI=1S/C29H41N5O4S/c1-38-26-10-9-23(22-7-3-2-4-8-22)16-24(26)25-20-39-28(30-25)31-29(37)34-14-12-32(13-15-34)17-21-6-5-11-33(18-21)19-27(35)36/h9-10,16,20-22H,2-8,11-15,17-19H2,1H3,(H,35,36)(H,30,31,37)/t21-/m0/s1. The Morgan fingerprint density at radius 2 is 1.85 bits per heavy atom. The number of benzene rings is 1. The molecule has 1 saturated carbocycles. The van der Waals surface area contributed by atoms with Gasteiger partial charge in [-0.25, -0.2) is 9.78 Å². The molecule has 0 unspecified atom stereocenters. The number of aromatic nitrogens is 1. The molecule has 1 aromatic heterocycles. The highest BCUT2D eigenvalue weighted by atomic mass is 32.1. The van der Waals surface area contributed by atoms with Crippen LogP contribution in [0.4, 0.5) is 9.93 Å². The SMILES string of the molecule is COc1ccc(C2CCCCC2)cc1-c1csc(NC(=O)N2CCN(C[C@@H]3CCCN(CC(=O)O)C3)CC2)n1. The van der Waals surface area contributed by atoms with Crippen molar-refractivity contribution in [3.63, 3.8) is 0 Å². The third-order valence-corrected chi connectivity index (χ3v) is 9.19. The first-order valence-electron chi connectivity index (χ1n) is 14.3. The molecule has 0 bridgehead atoms. The predicted molar refractivity (Wildman–Crippen MR) is 154 cm³/mol. The summed E-state index contributed by atoms with van der Waals surface area (Å²) in [7, 11) is 1.69. The largest absolute Gasteiger partial charge is 0.496 e. The van der Waals surface area contributed by atoms with Crippen LogP contribution >= 0.6 is 11.3 Å². The van der Waals surface area contributed by atoms with E-state index in [1.165, 1.54) is 49.0 Å². The third-order valence-electron chi connectivity index (χ3n) is 8.43. The number of piperazine rings is 1. The van der Waals surface area contributed by atoms with Gasteiger partial charge in [-0.15, -0.1) is 11.3 Å². The normalized spacial score (nSPS) is 21.6. The molecular weight excluding hydrogens is 514 g/mol. The van der Waals surface area contributed by atoms with Crippen molar-refractivity contribution in [3.8, 4) is 17.0 Å². The summed E-state index contributed by atoms with van der Waals surface area (Å²) in [5.74, 6) is 1.13. The van der Waals surface area contributed by atoms with Crippen LogP contribution in [-0.4, -0.2) is 96.3 Å². The molecule has 3 aliphatic rings. The maximum Gasteiger partial charge on any atom is 0.323 e. The van der Waals surface area contributed by atoms with Gasteiger partial charge in [0.05, 0.1) is 19.3 Å². The Bertz CT molecular complexity index is 1130. The number of hydrogen-bond acceptors (Lipinski definition) is 7. The van der Waals surface area contributed by atoms with Crippen LogP contribution in [0.15, 0.2) is 23.6 Å². The summed E-state index contributed by atoms with van der Waals surface area (Å²) in [5.41, 5.74) is 3.17. The lowest BCUT2D eigenvalue weighted by Gasteiger charge is -2.38. The molecule has 212 valence electrons. The number of anilines is 1. The number of aliphatic carboxylic acids is 1. The number of methoxy groups -OCH3 is 1. The number of carbonyl (C=O) groups is 2. The van der Waals surface area contributed by atoms with Crippen LogP contribution in [0.25, 0.3) is 11.3 Å². The lowest BCUT2D eigenvalue weighted by Crippen LogP contribution is -2.52. The summed E-state index contributed by atoms with van der Waals surface area (Å²) in [6.45, 7) is 5.81. The number of nitrogens with zero attached hydrogens (tertiary/aromatic N) is 4. The van der Waals surface area contributed by atoms with Gasteiger partial charge in [-0.1, -0.05) is 25.3 Å². The number of thiazole rings is 1. The molecule has 2 aromatic rings. The zero-order chi connectivity index (χ0) is 27.2. The summed E-state index contributed by atoms with van der Waals surface area (Å²) in [4.78, 5) is 35.1. The molecule has 0 spiro atoms. The van der Waals surface area contributed by atoms with Crippen molar-refractivity contribution in [2.45, 2.75) is 50.9 Å². The number of carbonyl (C=O) groups excluding carboxylic acids is 1. The van der Waals surface area contributed by atoms with Gasteiger partial charge in [0.1, 0.15) is 5.75 Å². The molecule has 0 radical (unpaired) electrons. The van der Waals surface area contributed by atoms with Crippen LogP contribution in [-0.2, 0) is 4.79 Å². The van der Waals surface area contributed by atoms with Crippen LogP contribution in [0.1, 0.15) is 56.4 Å². The highest BCUT2D eigenvalue weighted by Crippen LogP contribution is 2.38. The van der Waals surface area contributed by atoms with Crippen molar-refractivity contribution in [2.24, 2.45) is 5.92 Å². The Kier molecular flexibility index (Phi) is 9.36. The second kappa shape index (κ2) is 13.1. The van der Waals surface area contributed by atoms with Gasteiger partial charge < -0.3 is 14.7 Å². The Hall–Kier alpha value is -2.69. The molecule has 5 rings (SSSR count). The lowest BCUT2D eigenvalue weighted by molar-refractivity contribution is -0.138. The van der Waals surface area contributed by atoms with Gasteiger partial charge in [-0.2, -0.15) is 0 Å². The van der Waals surface area contributed by atoms with Gasteiger partial charge in [-0.05, 0) is 61.8 Å². The quantitative estimate of drug-likeness (QED) is 0.482. The number of carboxylic acid groups (broad SMARTS) is 1. The van der Waals surface area contributed by atoms with Gasteiger partial charge >= 0.3 is 12.0 Å².